The number of ether oxygens (including phenoxy) is 1. The standard InChI is InChI=1S/C21H22ClN3O5/c1-14(26)23-11-15-7-9-16(10-8-15)21(29)30-13-20(28)25(2)12-19(27)24-18-6-4-3-5-17(18)22/h3-10H,11-13H2,1-2H3,(H,23,26)(H,24,27). The van der Waals surface area contributed by atoms with Crippen molar-refractivity contribution in [2.45, 2.75) is 13.5 Å². The van der Waals surface area contributed by atoms with E-state index in [0.29, 0.717) is 17.3 Å². The highest BCUT2D eigenvalue weighted by atomic mass is 35.5. The SMILES string of the molecule is CC(=O)NCc1ccc(C(=O)OCC(=O)N(C)CC(=O)Nc2ccccc2Cl)cc1. The van der Waals surface area contributed by atoms with Crippen molar-refractivity contribution in [1.82, 2.24) is 10.2 Å². The Labute approximate surface area is 179 Å². The fourth-order valence-electron chi connectivity index (χ4n) is 2.36. The second kappa shape index (κ2) is 11.0. The van der Waals surface area contributed by atoms with Gasteiger partial charge in [0.25, 0.3) is 5.91 Å². The van der Waals surface area contributed by atoms with Crippen LogP contribution in [-0.4, -0.2) is 48.8 Å². The summed E-state index contributed by atoms with van der Waals surface area (Å²) in [6.07, 6.45) is 0. The first kappa shape index (κ1) is 22.9. The molecule has 0 radical (unpaired) electrons. The van der Waals surface area contributed by atoms with Gasteiger partial charge < -0.3 is 20.3 Å². The minimum atomic E-state index is -0.664. The fourth-order valence-corrected chi connectivity index (χ4v) is 2.54. The van der Waals surface area contributed by atoms with E-state index in [4.69, 9.17) is 16.3 Å². The molecule has 2 rings (SSSR count). The Hall–Kier alpha value is -3.39. The van der Waals surface area contributed by atoms with Crippen molar-refractivity contribution in [3.05, 3.63) is 64.7 Å². The number of hydrogen-bond donors (Lipinski definition) is 2. The summed E-state index contributed by atoms with van der Waals surface area (Å²) < 4.78 is 5.02. The Balaban J connectivity index is 1.79. The van der Waals surface area contributed by atoms with E-state index in [9.17, 15) is 19.2 Å². The molecule has 0 atom stereocenters. The average Bonchev–Trinajstić information content (AvgIpc) is 2.72. The molecule has 0 saturated heterocycles. The molecule has 0 spiro atoms. The largest absolute Gasteiger partial charge is 0.452 e. The first-order chi connectivity index (χ1) is 14.3. The second-order valence-electron chi connectivity index (χ2n) is 6.46. The number of para-hydroxylation sites is 1. The number of nitrogens with one attached hydrogen (secondary N) is 2. The lowest BCUT2D eigenvalue weighted by Crippen LogP contribution is -2.37. The molecule has 158 valence electrons. The molecule has 9 heteroatoms. The molecule has 0 aliphatic rings. The van der Waals surface area contributed by atoms with Gasteiger partial charge in [-0.2, -0.15) is 0 Å². The van der Waals surface area contributed by atoms with Crippen molar-refractivity contribution in [1.29, 1.82) is 0 Å². The molecule has 0 aliphatic heterocycles. The second-order valence-corrected chi connectivity index (χ2v) is 6.87. The number of carbonyl (C=O) groups excluding carboxylic acids is 4. The molecule has 0 aliphatic carbocycles. The highest BCUT2D eigenvalue weighted by Gasteiger charge is 2.16. The van der Waals surface area contributed by atoms with Gasteiger partial charge >= 0.3 is 5.97 Å². The van der Waals surface area contributed by atoms with Crippen LogP contribution >= 0.6 is 11.6 Å². The van der Waals surface area contributed by atoms with Crippen LogP contribution in [0.2, 0.25) is 5.02 Å². The van der Waals surface area contributed by atoms with Gasteiger partial charge in [0.15, 0.2) is 6.61 Å². The monoisotopic (exact) mass is 431 g/mol. The lowest BCUT2D eigenvalue weighted by molar-refractivity contribution is -0.136. The molecular formula is C21H22ClN3O5. The zero-order valence-corrected chi connectivity index (χ0v) is 17.4. The predicted molar refractivity (Wildman–Crippen MR) is 112 cm³/mol. The van der Waals surface area contributed by atoms with E-state index >= 15 is 0 Å². The van der Waals surface area contributed by atoms with Gasteiger partial charge in [0.1, 0.15) is 0 Å². The third-order valence-corrected chi connectivity index (χ3v) is 4.34. The Morgan fingerprint density at radius 3 is 2.33 bits per heavy atom. The Kier molecular flexibility index (Phi) is 8.37. The third kappa shape index (κ3) is 7.21. The smallest absolute Gasteiger partial charge is 0.338 e. The van der Waals surface area contributed by atoms with Crippen molar-refractivity contribution in [3.8, 4) is 0 Å². The van der Waals surface area contributed by atoms with E-state index in [1.807, 2.05) is 0 Å². The molecule has 8 nitrogen and oxygen atoms in total. The molecule has 2 N–H and O–H groups in total. The van der Waals surface area contributed by atoms with Crippen LogP contribution in [0, 0.1) is 0 Å². The van der Waals surface area contributed by atoms with E-state index in [-0.39, 0.29) is 18.0 Å². The molecule has 30 heavy (non-hydrogen) atoms. The van der Waals surface area contributed by atoms with Crippen molar-refractivity contribution in [3.63, 3.8) is 0 Å². The van der Waals surface area contributed by atoms with E-state index in [1.54, 1.807) is 48.5 Å². The van der Waals surface area contributed by atoms with Crippen LogP contribution < -0.4 is 10.6 Å². The summed E-state index contributed by atoms with van der Waals surface area (Å²) in [7, 11) is 1.43. The van der Waals surface area contributed by atoms with Crippen molar-refractivity contribution >= 4 is 41.0 Å². The van der Waals surface area contributed by atoms with Crippen LogP contribution in [0.15, 0.2) is 48.5 Å². The molecule has 0 fully saturated rings. The van der Waals surface area contributed by atoms with Gasteiger partial charge in [-0.3, -0.25) is 14.4 Å². The number of amides is 3. The van der Waals surface area contributed by atoms with Crippen molar-refractivity contribution < 1.29 is 23.9 Å². The minimum absolute atomic E-state index is 0.151. The number of halogens is 1. The van der Waals surface area contributed by atoms with Crippen LogP contribution in [0.3, 0.4) is 0 Å². The fraction of sp³-hybridized carbons (Fsp3) is 0.238. The maximum absolute atomic E-state index is 12.1. The first-order valence-corrected chi connectivity index (χ1v) is 9.43. The zero-order valence-electron chi connectivity index (χ0n) is 16.6. The summed E-state index contributed by atoms with van der Waals surface area (Å²) in [5.74, 6) is -1.77. The molecule has 0 aromatic heterocycles. The van der Waals surface area contributed by atoms with Gasteiger partial charge in [0.05, 0.1) is 22.8 Å². The summed E-state index contributed by atoms with van der Waals surface area (Å²) in [6, 6.07) is 13.2. The third-order valence-electron chi connectivity index (χ3n) is 4.01. The van der Waals surface area contributed by atoms with Crippen molar-refractivity contribution in [2.75, 3.05) is 25.5 Å². The molecule has 0 heterocycles. The van der Waals surface area contributed by atoms with E-state index in [0.717, 1.165) is 10.5 Å². The van der Waals surface area contributed by atoms with Gasteiger partial charge in [-0.1, -0.05) is 35.9 Å². The van der Waals surface area contributed by atoms with Crippen LogP contribution in [0.4, 0.5) is 5.69 Å². The Bertz CT molecular complexity index is 930. The number of hydrogen-bond acceptors (Lipinski definition) is 5. The van der Waals surface area contributed by atoms with Crippen molar-refractivity contribution in [2.24, 2.45) is 0 Å². The van der Waals surface area contributed by atoms with E-state index in [1.165, 1.54) is 14.0 Å². The lowest BCUT2D eigenvalue weighted by Gasteiger charge is -2.17. The van der Waals surface area contributed by atoms with Crippen LogP contribution in [-0.2, 0) is 25.7 Å². The normalized spacial score (nSPS) is 10.1. The summed E-state index contributed by atoms with van der Waals surface area (Å²) in [6.45, 7) is 1.05. The van der Waals surface area contributed by atoms with Crippen LogP contribution in [0.25, 0.3) is 0 Å². The maximum Gasteiger partial charge on any atom is 0.338 e. The average molecular weight is 432 g/mol. The van der Waals surface area contributed by atoms with Gasteiger partial charge in [0, 0.05) is 20.5 Å². The van der Waals surface area contributed by atoms with Gasteiger partial charge in [-0.25, -0.2) is 4.79 Å². The number of carbonyl (C=O) groups is 4. The number of likely N-dealkylation sites (N-methyl/N-ethyl adjacent to an activating group) is 1. The molecule has 0 saturated carbocycles. The molecule has 3 amide bonds. The highest BCUT2D eigenvalue weighted by Crippen LogP contribution is 2.20. The van der Waals surface area contributed by atoms with Gasteiger partial charge in [-0.15, -0.1) is 0 Å². The summed E-state index contributed by atoms with van der Waals surface area (Å²) in [5.41, 5.74) is 1.54. The Morgan fingerprint density at radius 2 is 1.70 bits per heavy atom. The number of nitrogens with zero attached hydrogens (tertiary/aromatic N) is 1. The lowest BCUT2D eigenvalue weighted by atomic mass is 10.1. The zero-order chi connectivity index (χ0) is 22.1. The molecule has 2 aromatic carbocycles. The van der Waals surface area contributed by atoms with Crippen LogP contribution in [0.5, 0.6) is 0 Å². The van der Waals surface area contributed by atoms with Gasteiger partial charge in [-0.05, 0) is 29.8 Å². The topological polar surface area (TPSA) is 105 Å². The predicted octanol–water partition coefficient (Wildman–Crippen LogP) is 2.23. The number of rotatable bonds is 8. The minimum Gasteiger partial charge on any atom is -0.452 e. The number of benzene rings is 2. The number of esters is 1. The molecule has 0 bridgehead atoms. The quantitative estimate of drug-likeness (QED) is 0.623. The van der Waals surface area contributed by atoms with Crippen LogP contribution in [0.1, 0.15) is 22.8 Å². The Morgan fingerprint density at radius 1 is 1.03 bits per heavy atom. The first-order valence-electron chi connectivity index (χ1n) is 9.05. The molecular weight excluding hydrogens is 410 g/mol. The van der Waals surface area contributed by atoms with Gasteiger partial charge in [0.2, 0.25) is 11.8 Å². The summed E-state index contributed by atoms with van der Waals surface area (Å²) in [5, 5.41) is 5.65. The number of anilines is 1. The van der Waals surface area contributed by atoms with E-state index < -0.39 is 24.4 Å². The summed E-state index contributed by atoms with van der Waals surface area (Å²) in [4.78, 5) is 48.4. The summed E-state index contributed by atoms with van der Waals surface area (Å²) >= 11 is 5.98. The highest BCUT2D eigenvalue weighted by molar-refractivity contribution is 6.33. The van der Waals surface area contributed by atoms with E-state index in [2.05, 4.69) is 10.6 Å². The molecule has 2 aromatic rings. The molecule has 0 unspecified atom stereocenters. The maximum atomic E-state index is 12.1.